The van der Waals surface area contributed by atoms with Gasteiger partial charge in [-0.1, -0.05) is 20.8 Å². The van der Waals surface area contributed by atoms with Gasteiger partial charge in [0, 0.05) is 6.04 Å². The molecule has 0 saturated carbocycles. The van der Waals surface area contributed by atoms with Crippen LogP contribution in [-0.4, -0.2) is 24.5 Å². The van der Waals surface area contributed by atoms with Crippen LogP contribution in [0.5, 0.6) is 0 Å². The lowest BCUT2D eigenvalue weighted by Crippen LogP contribution is -2.52. The van der Waals surface area contributed by atoms with Gasteiger partial charge in [-0.05, 0) is 51.0 Å². The van der Waals surface area contributed by atoms with Gasteiger partial charge in [-0.15, -0.1) is 0 Å². The van der Waals surface area contributed by atoms with Crippen LogP contribution in [0.1, 0.15) is 53.4 Å². The highest BCUT2D eigenvalue weighted by Crippen LogP contribution is 2.16. The van der Waals surface area contributed by atoms with Crippen molar-refractivity contribution < 1.29 is 4.79 Å². The van der Waals surface area contributed by atoms with Gasteiger partial charge in [0.1, 0.15) is 0 Å². The molecular weight excluding hydrogens is 212 g/mol. The van der Waals surface area contributed by atoms with Crippen molar-refractivity contribution >= 4 is 5.91 Å². The molecule has 17 heavy (non-hydrogen) atoms. The van der Waals surface area contributed by atoms with Gasteiger partial charge in [0.2, 0.25) is 5.91 Å². The van der Waals surface area contributed by atoms with Crippen molar-refractivity contribution in [1.29, 1.82) is 0 Å². The molecule has 0 spiro atoms. The van der Waals surface area contributed by atoms with E-state index in [9.17, 15) is 4.79 Å². The highest BCUT2D eigenvalue weighted by molar-refractivity contribution is 5.82. The SMILES string of the molecule is CC(C)CCC(C)NC(=O)C1NCCCC1C. The van der Waals surface area contributed by atoms with E-state index in [1.54, 1.807) is 0 Å². The lowest BCUT2D eigenvalue weighted by molar-refractivity contribution is -0.125. The zero-order valence-electron chi connectivity index (χ0n) is 11.8. The predicted octanol–water partition coefficient (Wildman–Crippen LogP) is 2.32. The summed E-state index contributed by atoms with van der Waals surface area (Å²) < 4.78 is 0. The van der Waals surface area contributed by atoms with Crippen molar-refractivity contribution in [2.75, 3.05) is 6.54 Å². The molecular formula is C14H28N2O. The molecule has 0 radical (unpaired) electrons. The van der Waals surface area contributed by atoms with E-state index >= 15 is 0 Å². The molecule has 0 aromatic rings. The van der Waals surface area contributed by atoms with Crippen LogP contribution in [-0.2, 0) is 4.79 Å². The number of hydrogen-bond acceptors (Lipinski definition) is 2. The molecule has 0 aliphatic carbocycles. The lowest BCUT2D eigenvalue weighted by atomic mass is 9.92. The molecule has 3 unspecified atom stereocenters. The number of rotatable bonds is 5. The summed E-state index contributed by atoms with van der Waals surface area (Å²) in [6.07, 6.45) is 4.60. The van der Waals surface area contributed by atoms with E-state index < -0.39 is 0 Å². The molecule has 1 fully saturated rings. The van der Waals surface area contributed by atoms with Gasteiger partial charge in [0.25, 0.3) is 0 Å². The van der Waals surface area contributed by atoms with Gasteiger partial charge < -0.3 is 10.6 Å². The molecule has 1 amide bonds. The molecule has 100 valence electrons. The molecule has 3 heteroatoms. The maximum absolute atomic E-state index is 12.1. The monoisotopic (exact) mass is 240 g/mol. The first-order valence-electron chi connectivity index (χ1n) is 7.04. The number of amides is 1. The summed E-state index contributed by atoms with van der Waals surface area (Å²) in [6.45, 7) is 9.68. The summed E-state index contributed by atoms with van der Waals surface area (Å²) in [5.41, 5.74) is 0. The highest BCUT2D eigenvalue weighted by atomic mass is 16.2. The van der Waals surface area contributed by atoms with Crippen molar-refractivity contribution in [1.82, 2.24) is 10.6 Å². The second kappa shape index (κ2) is 7.00. The van der Waals surface area contributed by atoms with E-state index in [1.165, 1.54) is 12.8 Å². The molecule has 1 aliphatic heterocycles. The molecule has 1 rings (SSSR count). The zero-order chi connectivity index (χ0) is 12.8. The predicted molar refractivity (Wildman–Crippen MR) is 71.9 cm³/mol. The molecule has 1 heterocycles. The maximum atomic E-state index is 12.1. The fourth-order valence-corrected chi connectivity index (χ4v) is 2.39. The number of nitrogens with one attached hydrogen (secondary N) is 2. The molecule has 3 atom stereocenters. The van der Waals surface area contributed by atoms with Crippen molar-refractivity contribution in [2.45, 2.75) is 65.5 Å². The Morgan fingerprint density at radius 2 is 2.06 bits per heavy atom. The van der Waals surface area contributed by atoms with E-state index in [0.717, 1.165) is 19.4 Å². The van der Waals surface area contributed by atoms with Gasteiger partial charge in [-0.3, -0.25) is 4.79 Å². The van der Waals surface area contributed by atoms with E-state index in [-0.39, 0.29) is 11.9 Å². The van der Waals surface area contributed by atoms with Gasteiger partial charge >= 0.3 is 0 Å². The summed E-state index contributed by atoms with van der Waals surface area (Å²) in [5, 5.41) is 6.46. The molecule has 0 bridgehead atoms. The minimum absolute atomic E-state index is 0.0187. The van der Waals surface area contributed by atoms with E-state index in [4.69, 9.17) is 0 Å². The van der Waals surface area contributed by atoms with Gasteiger partial charge in [-0.2, -0.15) is 0 Å². The molecule has 3 nitrogen and oxygen atoms in total. The molecule has 0 aromatic carbocycles. The van der Waals surface area contributed by atoms with Crippen molar-refractivity contribution in [3.63, 3.8) is 0 Å². The van der Waals surface area contributed by atoms with Crippen molar-refractivity contribution in [2.24, 2.45) is 11.8 Å². The number of hydrogen-bond donors (Lipinski definition) is 2. The smallest absolute Gasteiger partial charge is 0.237 e. The largest absolute Gasteiger partial charge is 0.352 e. The average molecular weight is 240 g/mol. The fourth-order valence-electron chi connectivity index (χ4n) is 2.39. The maximum Gasteiger partial charge on any atom is 0.237 e. The third kappa shape index (κ3) is 5.07. The Bertz CT molecular complexity index is 240. The quantitative estimate of drug-likeness (QED) is 0.774. The van der Waals surface area contributed by atoms with Crippen LogP contribution >= 0.6 is 0 Å². The average Bonchev–Trinajstić information content (AvgIpc) is 2.26. The van der Waals surface area contributed by atoms with Crippen LogP contribution < -0.4 is 10.6 Å². The van der Waals surface area contributed by atoms with E-state index in [0.29, 0.717) is 17.9 Å². The summed E-state index contributed by atoms with van der Waals surface area (Å²) in [5.74, 6) is 1.36. The Kier molecular flexibility index (Phi) is 5.96. The molecule has 2 N–H and O–H groups in total. The third-order valence-electron chi connectivity index (χ3n) is 3.62. The molecule has 1 saturated heterocycles. The topological polar surface area (TPSA) is 41.1 Å². The minimum atomic E-state index is 0.0187. The molecule has 1 aliphatic rings. The van der Waals surface area contributed by atoms with Crippen LogP contribution in [0.3, 0.4) is 0 Å². The normalized spacial score (nSPS) is 26.9. The first-order chi connectivity index (χ1) is 8.00. The molecule has 0 aromatic heterocycles. The minimum Gasteiger partial charge on any atom is -0.352 e. The van der Waals surface area contributed by atoms with Gasteiger partial charge in [0.05, 0.1) is 6.04 Å². The van der Waals surface area contributed by atoms with Gasteiger partial charge in [0.15, 0.2) is 0 Å². The van der Waals surface area contributed by atoms with Crippen LogP contribution in [0.25, 0.3) is 0 Å². The number of piperidine rings is 1. The van der Waals surface area contributed by atoms with E-state index in [2.05, 4.69) is 38.3 Å². The Labute approximate surface area is 106 Å². The van der Waals surface area contributed by atoms with Crippen molar-refractivity contribution in [3.05, 3.63) is 0 Å². The summed E-state index contributed by atoms with van der Waals surface area (Å²) in [7, 11) is 0. The van der Waals surface area contributed by atoms with Crippen molar-refractivity contribution in [3.8, 4) is 0 Å². The second-order valence-corrected chi connectivity index (χ2v) is 5.93. The number of carbonyl (C=O) groups is 1. The first kappa shape index (κ1) is 14.5. The third-order valence-corrected chi connectivity index (χ3v) is 3.62. The van der Waals surface area contributed by atoms with Crippen LogP contribution in [0.15, 0.2) is 0 Å². The highest BCUT2D eigenvalue weighted by Gasteiger charge is 2.27. The van der Waals surface area contributed by atoms with Gasteiger partial charge in [-0.25, -0.2) is 0 Å². The van der Waals surface area contributed by atoms with E-state index in [1.807, 2.05) is 0 Å². The Morgan fingerprint density at radius 1 is 1.35 bits per heavy atom. The van der Waals surface area contributed by atoms with Crippen LogP contribution in [0, 0.1) is 11.8 Å². The van der Waals surface area contributed by atoms with Crippen LogP contribution in [0.4, 0.5) is 0 Å². The Morgan fingerprint density at radius 3 is 2.65 bits per heavy atom. The lowest BCUT2D eigenvalue weighted by Gasteiger charge is -2.30. The zero-order valence-corrected chi connectivity index (χ0v) is 11.8. The summed E-state index contributed by atoms with van der Waals surface area (Å²) in [6, 6.07) is 0.311. The summed E-state index contributed by atoms with van der Waals surface area (Å²) >= 11 is 0. The second-order valence-electron chi connectivity index (χ2n) is 5.93. The first-order valence-corrected chi connectivity index (χ1v) is 7.04. The van der Waals surface area contributed by atoms with Crippen LogP contribution in [0.2, 0.25) is 0 Å². The Balaban J connectivity index is 2.32. The fraction of sp³-hybridized carbons (Fsp3) is 0.929. The number of carbonyl (C=O) groups excluding carboxylic acids is 1. The summed E-state index contributed by atoms with van der Waals surface area (Å²) in [4.78, 5) is 12.1. The standard InChI is InChI=1S/C14H28N2O/c1-10(2)7-8-12(4)16-14(17)13-11(3)6-5-9-15-13/h10-13,15H,5-9H2,1-4H3,(H,16,17). The Hall–Kier alpha value is -0.570.